The summed E-state index contributed by atoms with van der Waals surface area (Å²) in [6, 6.07) is 7.23. The van der Waals surface area contributed by atoms with Crippen LogP contribution >= 0.6 is 0 Å². The molecular formula is C17H18N6O2. The third kappa shape index (κ3) is 3.08. The highest BCUT2D eigenvalue weighted by Gasteiger charge is 2.28. The molecule has 1 fully saturated rings. The smallest absolute Gasteiger partial charge is 0.254 e. The second kappa shape index (κ2) is 6.21. The largest absolute Gasteiger partial charge is 0.367 e. The number of amides is 1. The van der Waals surface area contributed by atoms with Gasteiger partial charge in [0.2, 0.25) is 0 Å². The number of rotatable bonds is 2. The number of nitrogens with zero attached hydrogens (tertiary/aromatic N) is 5. The van der Waals surface area contributed by atoms with Crippen molar-refractivity contribution >= 4 is 16.9 Å². The Hall–Kier alpha value is -2.87. The monoisotopic (exact) mass is 338 g/mol. The first-order valence-corrected chi connectivity index (χ1v) is 8.14. The molecule has 0 unspecified atom stereocenters. The van der Waals surface area contributed by atoms with E-state index in [1.807, 2.05) is 19.9 Å². The number of aryl methyl sites for hydroxylation is 2. The second-order valence-electron chi connectivity index (χ2n) is 6.15. The lowest BCUT2D eigenvalue weighted by Crippen LogP contribution is -2.42. The number of hydrogen-bond acceptors (Lipinski definition) is 6. The van der Waals surface area contributed by atoms with Crippen LogP contribution in [0.3, 0.4) is 0 Å². The molecule has 8 nitrogen and oxygen atoms in total. The summed E-state index contributed by atoms with van der Waals surface area (Å²) < 4.78 is 5.80. The first-order valence-electron chi connectivity index (χ1n) is 8.14. The van der Waals surface area contributed by atoms with Gasteiger partial charge >= 0.3 is 0 Å². The fraction of sp³-hybridized carbons (Fsp3) is 0.353. The SMILES string of the molecule is Cc1cc(C)nc([C@@H]2CN(C(=O)c3ccc4n[nH]nc4c3)CCO2)n1. The lowest BCUT2D eigenvalue weighted by Gasteiger charge is -2.32. The van der Waals surface area contributed by atoms with E-state index >= 15 is 0 Å². The maximum atomic E-state index is 12.8. The van der Waals surface area contributed by atoms with Gasteiger partial charge in [0, 0.05) is 23.5 Å². The standard InChI is InChI=1S/C17H18N6O2/c1-10-7-11(2)19-16(18-10)15-9-23(5-6-25-15)17(24)12-3-4-13-14(8-12)21-22-20-13/h3-4,7-8,15H,5-6,9H2,1-2H3,(H,20,21,22)/t15-/m0/s1. The van der Waals surface area contributed by atoms with Crippen LogP contribution in [0.1, 0.15) is 33.7 Å². The summed E-state index contributed by atoms with van der Waals surface area (Å²) in [7, 11) is 0. The number of aromatic nitrogens is 5. The van der Waals surface area contributed by atoms with Gasteiger partial charge in [-0.15, -0.1) is 0 Å². The number of morpholine rings is 1. The lowest BCUT2D eigenvalue weighted by molar-refractivity contribution is -0.0269. The van der Waals surface area contributed by atoms with Gasteiger partial charge in [-0.25, -0.2) is 9.97 Å². The third-order valence-corrected chi connectivity index (χ3v) is 4.20. The zero-order chi connectivity index (χ0) is 17.4. The van der Waals surface area contributed by atoms with E-state index in [4.69, 9.17) is 4.74 Å². The molecular weight excluding hydrogens is 320 g/mol. The lowest BCUT2D eigenvalue weighted by atomic mass is 10.1. The van der Waals surface area contributed by atoms with Crippen molar-refractivity contribution < 1.29 is 9.53 Å². The summed E-state index contributed by atoms with van der Waals surface area (Å²) >= 11 is 0. The molecule has 1 aromatic carbocycles. The summed E-state index contributed by atoms with van der Waals surface area (Å²) in [5, 5.41) is 10.6. The molecule has 0 saturated carbocycles. The second-order valence-corrected chi connectivity index (χ2v) is 6.15. The van der Waals surface area contributed by atoms with Crippen molar-refractivity contribution in [1.29, 1.82) is 0 Å². The summed E-state index contributed by atoms with van der Waals surface area (Å²) in [4.78, 5) is 23.5. The van der Waals surface area contributed by atoms with Crippen LogP contribution in [-0.4, -0.2) is 55.9 Å². The Kier molecular flexibility index (Phi) is 3.89. The van der Waals surface area contributed by atoms with Crippen molar-refractivity contribution in [2.75, 3.05) is 19.7 Å². The average molecular weight is 338 g/mol. The van der Waals surface area contributed by atoms with Crippen molar-refractivity contribution in [3.8, 4) is 0 Å². The Morgan fingerprint density at radius 2 is 1.92 bits per heavy atom. The summed E-state index contributed by atoms with van der Waals surface area (Å²) in [5.74, 6) is 0.574. The van der Waals surface area contributed by atoms with E-state index in [1.165, 1.54) is 0 Å². The van der Waals surface area contributed by atoms with Gasteiger partial charge in [-0.2, -0.15) is 15.4 Å². The molecule has 4 rings (SSSR count). The molecule has 8 heteroatoms. The molecule has 1 aliphatic rings. The molecule has 1 atom stereocenters. The molecule has 1 saturated heterocycles. The minimum atomic E-state index is -0.313. The number of carbonyl (C=O) groups is 1. The van der Waals surface area contributed by atoms with E-state index < -0.39 is 0 Å². The highest BCUT2D eigenvalue weighted by Crippen LogP contribution is 2.22. The molecule has 0 radical (unpaired) electrons. The quantitative estimate of drug-likeness (QED) is 0.762. The minimum Gasteiger partial charge on any atom is -0.367 e. The maximum absolute atomic E-state index is 12.8. The first kappa shape index (κ1) is 15.6. The number of ether oxygens (including phenoxy) is 1. The molecule has 1 aliphatic heterocycles. The van der Waals surface area contributed by atoms with Crippen LogP contribution in [-0.2, 0) is 4.74 Å². The van der Waals surface area contributed by atoms with Crippen molar-refractivity contribution in [2.45, 2.75) is 20.0 Å². The molecule has 0 aliphatic carbocycles. The fourth-order valence-corrected chi connectivity index (χ4v) is 3.04. The third-order valence-electron chi connectivity index (χ3n) is 4.20. The van der Waals surface area contributed by atoms with Crippen LogP contribution in [0, 0.1) is 13.8 Å². The Bertz CT molecular complexity index is 918. The summed E-state index contributed by atoms with van der Waals surface area (Å²) in [6.45, 7) is 5.28. The first-order chi connectivity index (χ1) is 12.1. The van der Waals surface area contributed by atoms with E-state index in [1.54, 1.807) is 23.1 Å². The van der Waals surface area contributed by atoms with Crippen LogP contribution in [0.5, 0.6) is 0 Å². The zero-order valence-corrected chi connectivity index (χ0v) is 14.1. The normalized spacial score (nSPS) is 17.8. The van der Waals surface area contributed by atoms with Gasteiger partial charge in [0.25, 0.3) is 5.91 Å². The van der Waals surface area contributed by atoms with Crippen molar-refractivity contribution in [1.82, 2.24) is 30.3 Å². The van der Waals surface area contributed by atoms with Gasteiger partial charge in [-0.3, -0.25) is 4.79 Å². The number of nitrogens with one attached hydrogen (secondary N) is 1. The molecule has 25 heavy (non-hydrogen) atoms. The van der Waals surface area contributed by atoms with Crippen LogP contribution in [0.4, 0.5) is 0 Å². The average Bonchev–Trinajstić information content (AvgIpc) is 3.08. The molecule has 3 aromatic rings. The highest BCUT2D eigenvalue weighted by molar-refractivity contribution is 5.97. The minimum absolute atomic E-state index is 0.0532. The van der Waals surface area contributed by atoms with E-state index in [0.29, 0.717) is 36.6 Å². The number of H-pyrrole nitrogens is 1. The predicted octanol–water partition coefficient (Wildman–Crippen LogP) is 1.58. The molecule has 0 spiro atoms. The van der Waals surface area contributed by atoms with Crippen LogP contribution < -0.4 is 0 Å². The molecule has 3 heterocycles. The Morgan fingerprint density at radius 3 is 2.72 bits per heavy atom. The molecule has 1 amide bonds. The Morgan fingerprint density at radius 1 is 1.16 bits per heavy atom. The zero-order valence-electron chi connectivity index (χ0n) is 14.1. The molecule has 128 valence electrons. The summed E-state index contributed by atoms with van der Waals surface area (Å²) in [6.07, 6.45) is -0.313. The molecule has 1 N–H and O–H groups in total. The fourth-order valence-electron chi connectivity index (χ4n) is 3.04. The number of fused-ring (bicyclic) bond motifs is 1. The van der Waals surface area contributed by atoms with Crippen LogP contribution in [0.2, 0.25) is 0 Å². The Balaban J connectivity index is 1.56. The van der Waals surface area contributed by atoms with Crippen LogP contribution in [0.25, 0.3) is 11.0 Å². The van der Waals surface area contributed by atoms with Crippen molar-refractivity contribution in [3.63, 3.8) is 0 Å². The van der Waals surface area contributed by atoms with Gasteiger partial charge in [-0.05, 0) is 38.1 Å². The van der Waals surface area contributed by atoms with Gasteiger partial charge in [0.05, 0.1) is 13.2 Å². The van der Waals surface area contributed by atoms with Gasteiger partial charge < -0.3 is 9.64 Å². The number of aromatic amines is 1. The molecule has 2 aromatic heterocycles. The van der Waals surface area contributed by atoms with Crippen molar-refractivity contribution in [3.05, 3.63) is 47.0 Å². The van der Waals surface area contributed by atoms with E-state index in [-0.39, 0.29) is 12.0 Å². The van der Waals surface area contributed by atoms with Crippen molar-refractivity contribution in [2.24, 2.45) is 0 Å². The van der Waals surface area contributed by atoms with Crippen LogP contribution in [0.15, 0.2) is 24.3 Å². The summed E-state index contributed by atoms with van der Waals surface area (Å²) in [5.41, 5.74) is 3.79. The topological polar surface area (TPSA) is 96.9 Å². The number of hydrogen-bond donors (Lipinski definition) is 1. The number of carbonyl (C=O) groups excluding carboxylic acids is 1. The molecule has 0 bridgehead atoms. The Labute approximate surface area is 144 Å². The van der Waals surface area contributed by atoms with Gasteiger partial charge in [0.1, 0.15) is 17.1 Å². The van der Waals surface area contributed by atoms with E-state index in [9.17, 15) is 4.79 Å². The predicted molar refractivity (Wildman–Crippen MR) is 90.0 cm³/mol. The van der Waals surface area contributed by atoms with E-state index in [0.717, 1.165) is 16.9 Å². The van der Waals surface area contributed by atoms with E-state index in [2.05, 4.69) is 25.4 Å². The van der Waals surface area contributed by atoms with Gasteiger partial charge in [-0.1, -0.05) is 0 Å². The highest BCUT2D eigenvalue weighted by atomic mass is 16.5. The van der Waals surface area contributed by atoms with Gasteiger partial charge in [0.15, 0.2) is 5.82 Å². The number of benzene rings is 1. The maximum Gasteiger partial charge on any atom is 0.254 e.